The molecule has 0 aliphatic carbocycles. The van der Waals surface area contributed by atoms with Crippen LogP contribution in [0.4, 0.5) is 0 Å². The van der Waals surface area contributed by atoms with E-state index in [1.807, 2.05) is 19.1 Å². The summed E-state index contributed by atoms with van der Waals surface area (Å²) in [4.78, 5) is 0. The molecule has 0 aliphatic rings. The Bertz CT molecular complexity index is 392. The van der Waals surface area contributed by atoms with Gasteiger partial charge in [0.25, 0.3) is 0 Å². The molecule has 108 valence electrons. The number of nitrogens with one attached hydrogen (secondary N) is 1. The number of ether oxygens (including phenoxy) is 2. The van der Waals surface area contributed by atoms with E-state index in [-0.39, 0.29) is 6.04 Å². The minimum absolute atomic E-state index is 0.254. The molecule has 1 aromatic carbocycles. The van der Waals surface area contributed by atoms with E-state index in [0.717, 1.165) is 37.4 Å². The van der Waals surface area contributed by atoms with Crippen LogP contribution in [-0.2, 0) is 6.42 Å². The van der Waals surface area contributed by atoms with Crippen LogP contribution in [0.25, 0.3) is 0 Å². The monoisotopic (exact) mass is 266 g/mol. The van der Waals surface area contributed by atoms with Crippen molar-refractivity contribution < 1.29 is 9.47 Å². The lowest BCUT2D eigenvalue weighted by molar-refractivity contribution is 0.390. The number of rotatable bonds is 8. The molecule has 0 radical (unpaired) electrons. The minimum Gasteiger partial charge on any atom is -0.497 e. The van der Waals surface area contributed by atoms with Crippen LogP contribution in [-0.4, -0.2) is 33.4 Å². The maximum atomic E-state index is 5.71. The molecule has 0 fully saturated rings. The number of hydrogen-bond acceptors (Lipinski definition) is 4. The summed E-state index contributed by atoms with van der Waals surface area (Å²) in [5, 5.41) is 3.41. The lowest BCUT2D eigenvalue weighted by Gasteiger charge is -2.14. The van der Waals surface area contributed by atoms with E-state index in [9.17, 15) is 0 Å². The van der Waals surface area contributed by atoms with Crippen LogP contribution < -0.4 is 20.5 Å². The summed E-state index contributed by atoms with van der Waals surface area (Å²) in [6.45, 7) is 5.99. The molecule has 4 nitrogen and oxygen atoms in total. The van der Waals surface area contributed by atoms with Gasteiger partial charge in [-0.3, -0.25) is 0 Å². The van der Waals surface area contributed by atoms with E-state index < -0.39 is 0 Å². The maximum Gasteiger partial charge on any atom is 0.126 e. The molecule has 0 bridgehead atoms. The highest BCUT2D eigenvalue weighted by molar-refractivity contribution is 5.46. The molecule has 0 saturated carbocycles. The number of methoxy groups -OCH3 is 2. The molecule has 0 saturated heterocycles. The van der Waals surface area contributed by atoms with Gasteiger partial charge in [-0.05, 0) is 57.0 Å². The second-order valence-corrected chi connectivity index (χ2v) is 4.89. The van der Waals surface area contributed by atoms with Crippen LogP contribution in [0.5, 0.6) is 11.5 Å². The van der Waals surface area contributed by atoms with Crippen LogP contribution in [0.15, 0.2) is 12.1 Å². The summed E-state index contributed by atoms with van der Waals surface area (Å²) in [6.07, 6.45) is 1.94. The van der Waals surface area contributed by atoms with Gasteiger partial charge in [0.2, 0.25) is 0 Å². The van der Waals surface area contributed by atoms with Gasteiger partial charge in [0.1, 0.15) is 11.5 Å². The average molecular weight is 266 g/mol. The van der Waals surface area contributed by atoms with Crippen LogP contribution in [0.2, 0.25) is 0 Å². The van der Waals surface area contributed by atoms with Gasteiger partial charge in [0, 0.05) is 12.1 Å². The molecule has 0 spiro atoms. The second kappa shape index (κ2) is 8.02. The molecule has 0 heterocycles. The van der Waals surface area contributed by atoms with E-state index >= 15 is 0 Å². The Balaban J connectivity index is 2.57. The predicted molar refractivity (Wildman–Crippen MR) is 79.1 cm³/mol. The molecule has 1 atom stereocenters. The van der Waals surface area contributed by atoms with Crippen LogP contribution in [0, 0.1) is 6.92 Å². The molecule has 0 amide bonds. The van der Waals surface area contributed by atoms with E-state index in [1.165, 1.54) is 11.1 Å². The predicted octanol–water partition coefficient (Wildman–Crippen LogP) is 1.88. The highest BCUT2D eigenvalue weighted by atomic mass is 16.5. The average Bonchev–Trinajstić information content (AvgIpc) is 2.38. The van der Waals surface area contributed by atoms with Gasteiger partial charge in [0.15, 0.2) is 0 Å². The van der Waals surface area contributed by atoms with Gasteiger partial charge in [0.05, 0.1) is 14.2 Å². The highest BCUT2D eigenvalue weighted by Crippen LogP contribution is 2.28. The van der Waals surface area contributed by atoms with Crippen molar-refractivity contribution in [2.75, 3.05) is 27.3 Å². The second-order valence-electron chi connectivity index (χ2n) is 4.89. The molecule has 4 heteroatoms. The SMILES string of the molecule is COc1cc(C)c(CCNCCC(C)N)c(OC)c1. The number of nitrogens with two attached hydrogens (primary N) is 1. The zero-order valence-corrected chi connectivity index (χ0v) is 12.5. The summed E-state index contributed by atoms with van der Waals surface area (Å²) >= 11 is 0. The zero-order valence-electron chi connectivity index (χ0n) is 12.5. The summed E-state index contributed by atoms with van der Waals surface area (Å²) in [6, 6.07) is 4.23. The lowest BCUT2D eigenvalue weighted by Crippen LogP contribution is -2.25. The molecule has 0 aromatic heterocycles. The third-order valence-electron chi connectivity index (χ3n) is 3.19. The Hall–Kier alpha value is -1.26. The zero-order chi connectivity index (χ0) is 14.3. The molecule has 19 heavy (non-hydrogen) atoms. The van der Waals surface area contributed by atoms with Crippen molar-refractivity contribution in [1.82, 2.24) is 5.32 Å². The summed E-state index contributed by atoms with van der Waals surface area (Å²) in [5.74, 6) is 1.73. The first-order chi connectivity index (χ1) is 9.08. The van der Waals surface area contributed by atoms with Crippen molar-refractivity contribution in [3.8, 4) is 11.5 Å². The van der Waals surface area contributed by atoms with Crippen molar-refractivity contribution in [1.29, 1.82) is 0 Å². The molecule has 1 unspecified atom stereocenters. The number of benzene rings is 1. The Morgan fingerprint density at radius 3 is 2.53 bits per heavy atom. The fourth-order valence-corrected chi connectivity index (χ4v) is 2.04. The van der Waals surface area contributed by atoms with Gasteiger partial charge < -0.3 is 20.5 Å². The van der Waals surface area contributed by atoms with Crippen LogP contribution in [0.3, 0.4) is 0 Å². The first-order valence-electron chi connectivity index (χ1n) is 6.76. The van der Waals surface area contributed by atoms with Gasteiger partial charge in [-0.25, -0.2) is 0 Å². The normalized spacial score (nSPS) is 12.3. The highest BCUT2D eigenvalue weighted by Gasteiger charge is 2.09. The maximum absolute atomic E-state index is 5.71. The van der Waals surface area contributed by atoms with Gasteiger partial charge in [-0.1, -0.05) is 0 Å². The molecule has 1 aromatic rings. The minimum atomic E-state index is 0.254. The lowest BCUT2D eigenvalue weighted by atomic mass is 10.0. The fraction of sp³-hybridized carbons (Fsp3) is 0.600. The number of aryl methyl sites for hydroxylation is 1. The van der Waals surface area contributed by atoms with E-state index in [4.69, 9.17) is 15.2 Å². The molecular formula is C15H26N2O2. The fourth-order valence-electron chi connectivity index (χ4n) is 2.04. The molecule has 0 aliphatic heterocycles. The van der Waals surface area contributed by atoms with Crippen molar-refractivity contribution in [2.24, 2.45) is 5.73 Å². The Morgan fingerprint density at radius 2 is 1.95 bits per heavy atom. The standard InChI is InChI=1S/C15H26N2O2/c1-11-9-13(18-3)10-15(19-4)14(11)6-8-17-7-5-12(2)16/h9-10,12,17H,5-8,16H2,1-4H3. The van der Waals surface area contributed by atoms with E-state index in [1.54, 1.807) is 14.2 Å². The van der Waals surface area contributed by atoms with Crippen LogP contribution >= 0.6 is 0 Å². The largest absolute Gasteiger partial charge is 0.497 e. The summed E-state index contributed by atoms with van der Waals surface area (Å²) in [7, 11) is 3.37. The topological polar surface area (TPSA) is 56.5 Å². The molecular weight excluding hydrogens is 240 g/mol. The van der Waals surface area contributed by atoms with Crippen molar-refractivity contribution >= 4 is 0 Å². The van der Waals surface area contributed by atoms with E-state index in [0.29, 0.717) is 0 Å². The van der Waals surface area contributed by atoms with Crippen LogP contribution in [0.1, 0.15) is 24.5 Å². The molecule has 1 rings (SSSR count). The van der Waals surface area contributed by atoms with Crippen molar-refractivity contribution in [3.05, 3.63) is 23.3 Å². The van der Waals surface area contributed by atoms with Gasteiger partial charge in [-0.15, -0.1) is 0 Å². The quantitative estimate of drug-likeness (QED) is 0.705. The summed E-state index contributed by atoms with van der Waals surface area (Å²) in [5.41, 5.74) is 8.15. The summed E-state index contributed by atoms with van der Waals surface area (Å²) < 4.78 is 10.7. The Kier molecular flexibility index (Phi) is 6.67. The third kappa shape index (κ3) is 5.09. The smallest absolute Gasteiger partial charge is 0.126 e. The Labute approximate surface area is 116 Å². The van der Waals surface area contributed by atoms with Gasteiger partial charge >= 0.3 is 0 Å². The first kappa shape index (κ1) is 15.8. The third-order valence-corrected chi connectivity index (χ3v) is 3.19. The van der Waals surface area contributed by atoms with Gasteiger partial charge in [-0.2, -0.15) is 0 Å². The number of hydrogen-bond donors (Lipinski definition) is 2. The molecule has 3 N–H and O–H groups in total. The van der Waals surface area contributed by atoms with Crippen molar-refractivity contribution in [2.45, 2.75) is 32.7 Å². The Morgan fingerprint density at radius 1 is 1.21 bits per heavy atom. The first-order valence-corrected chi connectivity index (χ1v) is 6.76. The van der Waals surface area contributed by atoms with E-state index in [2.05, 4.69) is 12.2 Å². The van der Waals surface area contributed by atoms with Crippen molar-refractivity contribution in [3.63, 3.8) is 0 Å².